The van der Waals surface area contributed by atoms with Gasteiger partial charge in [-0.3, -0.25) is 4.79 Å². The summed E-state index contributed by atoms with van der Waals surface area (Å²) in [4.78, 5) is 21.1. The molecule has 2 aliphatic heterocycles. The first-order chi connectivity index (χ1) is 10.2. The third-order valence-electron chi connectivity index (χ3n) is 4.22. The van der Waals surface area contributed by atoms with E-state index < -0.39 is 0 Å². The van der Waals surface area contributed by atoms with Gasteiger partial charge in [0.2, 0.25) is 5.91 Å². The molecule has 1 unspecified atom stereocenters. The molecule has 0 aromatic carbocycles. The van der Waals surface area contributed by atoms with E-state index in [1.54, 1.807) is 6.20 Å². The average molecular weight is 326 g/mol. The van der Waals surface area contributed by atoms with E-state index in [0.29, 0.717) is 0 Å². The van der Waals surface area contributed by atoms with Crippen LogP contribution in [0.2, 0.25) is 0 Å². The minimum Gasteiger partial charge on any atom is -0.354 e. The Balaban J connectivity index is 0.00000176. The van der Waals surface area contributed by atoms with Crippen LogP contribution >= 0.6 is 12.4 Å². The molecule has 2 N–H and O–H groups in total. The van der Waals surface area contributed by atoms with Gasteiger partial charge < -0.3 is 20.4 Å². The molecule has 0 saturated carbocycles. The van der Waals surface area contributed by atoms with E-state index in [9.17, 15) is 4.79 Å². The van der Waals surface area contributed by atoms with E-state index in [-0.39, 0.29) is 24.4 Å². The molecule has 0 spiro atoms. The molecule has 3 heterocycles. The van der Waals surface area contributed by atoms with Crippen molar-refractivity contribution >= 4 is 29.8 Å². The summed E-state index contributed by atoms with van der Waals surface area (Å²) in [5.74, 6) is 1.03. The number of nitrogens with zero attached hydrogens (tertiary/aromatic N) is 3. The lowest BCUT2D eigenvalue weighted by atomic mass is 10.2. The molecule has 0 aliphatic carbocycles. The number of carbonyl (C=O) groups is 1. The van der Waals surface area contributed by atoms with Crippen molar-refractivity contribution < 1.29 is 4.79 Å². The van der Waals surface area contributed by atoms with E-state index in [4.69, 9.17) is 0 Å². The summed E-state index contributed by atoms with van der Waals surface area (Å²) in [6.07, 6.45) is 3.73. The smallest absolute Gasteiger partial charge is 0.241 e. The first kappa shape index (κ1) is 17.0. The summed E-state index contributed by atoms with van der Waals surface area (Å²) in [6, 6.07) is 3.87. The highest BCUT2D eigenvalue weighted by Crippen LogP contribution is 2.16. The number of aromatic nitrogens is 1. The molecule has 2 fully saturated rings. The molecule has 1 atom stereocenters. The zero-order valence-electron chi connectivity index (χ0n) is 12.9. The predicted octanol–water partition coefficient (Wildman–Crippen LogP) is 0.946. The number of rotatable bonds is 3. The van der Waals surface area contributed by atoms with Crippen LogP contribution < -0.4 is 15.5 Å². The number of carbonyl (C=O) groups excluding carboxylic acids is 1. The second-order valence-electron chi connectivity index (χ2n) is 5.83. The zero-order valence-corrected chi connectivity index (χ0v) is 13.7. The fraction of sp³-hybridized carbons (Fsp3) is 0.600. The van der Waals surface area contributed by atoms with Crippen LogP contribution in [0.5, 0.6) is 0 Å². The van der Waals surface area contributed by atoms with Crippen molar-refractivity contribution in [2.45, 2.75) is 18.9 Å². The van der Waals surface area contributed by atoms with Gasteiger partial charge in [-0.1, -0.05) is 0 Å². The molecule has 6 nitrogen and oxygen atoms in total. The zero-order chi connectivity index (χ0) is 14.7. The first-order valence-corrected chi connectivity index (χ1v) is 7.66. The topological polar surface area (TPSA) is 60.5 Å². The molecular formula is C15H24ClN5O. The summed E-state index contributed by atoms with van der Waals surface area (Å²) in [6.45, 7) is 5.06. The van der Waals surface area contributed by atoms with Gasteiger partial charge in [0.25, 0.3) is 0 Å². The van der Waals surface area contributed by atoms with Crippen LogP contribution in [0.15, 0.2) is 18.3 Å². The third kappa shape index (κ3) is 4.09. The van der Waals surface area contributed by atoms with Crippen molar-refractivity contribution in [3.8, 4) is 0 Å². The highest BCUT2D eigenvalue weighted by Gasteiger charge is 2.22. The second-order valence-corrected chi connectivity index (χ2v) is 5.83. The Labute approximate surface area is 137 Å². The largest absolute Gasteiger partial charge is 0.354 e. The van der Waals surface area contributed by atoms with E-state index >= 15 is 0 Å². The van der Waals surface area contributed by atoms with E-state index in [2.05, 4.69) is 32.5 Å². The number of amides is 1. The van der Waals surface area contributed by atoms with Crippen molar-refractivity contribution in [1.82, 2.24) is 15.2 Å². The minimum atomic E-state index is -0.0534. The van der Waals surface area contributed by atoms with Gasteiger partial charge in [-0.2, -0.15) is 0 Å². The lowest BCUT2D eigenvalue weighted by Crippen LogP contribution is -2.44. The SMILES string of the molecule is CN1CCN(c2ccc(NC(=O)C3CCCN3)cn2)CC1.Cl. The Morgan fingerprint density at radius 3 is 2.68 bits per heavy atom. The number of pyridine rings is 1. The first-order valence-electron chi connectivity index (χ1n) is 7.66. The molecule has 7 heteroatoms. The van der Waals surface area contributed by atoms with Gasteiger partial charge in [-0.05, 0) is 38.6 Å². The normalized spacial score (nSPS) is 22.2. The van der Waals surface area contributed by atoms with E-state index in [1.807, 2.05) is 12.1 Å². The third-order valence-corrected chi connectivity index (χ3v) is 4.22. The second kappa shape index (κ2) is 7.76. The van der Waals surface area contributed by atoms with Gasteiger partial charge in [0.1, 0.15) is 5.82 Å². The van der Waals surface area contributed by atoms with E-state index in [0.717, 1.165) is 57.1 Å². The molecular weight excluding hydrogens is 302 g/mol. The van der Waals surface area contributed by atoms with Gasteiger partial charge in [-0.25, -0.2) is 4.98 Å². The standard InChI is InChI=1S/C15H23N5O.ClH/c1-19-7-9-20(10-8-19)14-5-4-12(11-17-14)18-15(21)13-3-2-6-16-13;/h4-5,11,13,16H,2-3,6-10H2,1H3,(H,18,21);1H. The van der Waals surface area contributed by atoms with Crippen LogP contribution in [0.1, 0.15) is 12.8 Å². The average Bonchev–Trinajstić information content (AvgIpc) is 3.03. The summed E-state index contributed by atoms with van der Waals surface area (Å²) in [5, 5.41) is 6.13. The molecule has 1 aromatic rings. The highest BCUT2D eigenvalue weighted by atomic mass is 35.5. The Bertz CT molecular complexity index is 481. The number of nitrogens with one attached hydrogen (secondary N) is 2. The molecule has 2 saturated heterocycles. The van der Waals surface area contributed by atoms with Crippen LogP contribution in [-0.2, 0) is 4.79 Å². The van der Waals surface area contributed by atoms with Crippen molar-refractivity contribution in [2.75, 3.05) is 50.0 Å². The van der Waals surface area contributed by atoms with Gasteiger partial charge in [0.15, 0.2) is 0 Å². The summed E-state index contributed by atoms with van der Waals surface area (Å²) < 4.78 is 0. The number of piperazine rings is 1. The van der Waals surface area contributed by atoms with Gasteiger partial charge in [-0.15, -0.1) is 12.4 Å². The molecule has 2 aliphatic rings. The van der Waals surface area contributed by atoms with Gasteiger partial charge in [0, 0.05) is 26.2 Å². The summed E-state index contributed by atoms with van der Waals surface area (Å²) in [5.41, 5.74) is 0.770. The Morgan fingerprint density at radius 1 is 1.32 bits per heavy atom. The Morgan fingerprint density at radius 2 is 2.09 bits per heavy atom. The molecule has 1 amide bonds. The lowest BCUT2D eigenvalue weighted by molar-refractivity contribution is -0.117. The maximum absolute atomic E-state index is 12.0. The molecule has 122 valence electrons. The van der Waals surface area contributed by atoms with Crippen molar-refractivity contribution in [2.24, 2.45) is 0 Å². The quantitative estimate of drug-likeness (QED) is 0.866. The number of hydrogen-bond acceptors (Lipinski definition) is 5. The fourth-order valence-electron chi connectivity index (χ4n) is 2.82. The number of likely N-dealkylation sites (N-methyl/N-ethyl adjacent to an activating group) is 1. The van der Waals surface area contributed by atoms with Crippen molar-refractivity contribution in [1.29, 1.82) is 0 Å². The fourth-order valence-corrected chi connectivity index (χ4v) is 2.82. The van der Waals surface area contributed by atoms with Gasteiger partial charge >= 0.3 is 0 Å². The number of anilines is 2. The Hall–Kier alpha value is -1.37. The lowest BCUT2D eigenvalue weighted by Gasteiger charge is -2.33. The minimum absolute atomic E-state index is 0. The monoisotopic (exact) mass is 325 g/mol. The molecule has 1 aromatic heterocycles. The molecule has 0 radical (unpaired) electrons. The number of halogens is 1. The van der Waals surface area contributed by atoms with Crippen molar-refractivity contribution in [3.63, 3.8) is 0 Å². The van der Waals surface area contributed by atoms with Crippen LogP contribution in [0, 0.1) is 0 Å². The van der Waals surface area contributed by atoms with Crippen molar-refractivity contribution in [3.05, 3.63) is 18.3 Å². The van der Waals surface area contributed by atoms with Gasteiger partial charge in [0.05, 0.1) is 17.9 Å². The maximum atomic E-state index is 12.0. The van der Waals surface area contributed by atoms with Crippen LogP contribution in [-0.4, -0.2) is 61.6 Å². The van der Waals surface area contributed by atoms with Crippen LogP contribution in [0.4, 0.5) is 11.5 Å². The molecule has 0 bridgehead atoms. The molecule has 3 rings (SSSR count). The predicted molar refractivity (Wildman–Crippen MR) is 90.8 cm³/mol. The molecule has 22 heavy (non-hydrogen) atoms. The van der Waals surface area contributed by atoms with Crippen LogP contribution in [0.3, 0.4) is 0 Å². The maximum Gasteiger partial charge on any atom is 0.241 e. The number of hydrogen-bond donors (Lipinski definition) is 2. The Kier molecular flexibility index (Phi) is 5.99. The summed E-state index contributed by atoms with van der Waals surface area (Å²) in [7, 11) is 2.14. The van der Waals surface area contributed by atoms with Crippen LogP contribution in [0.25, 0.3) is 0 Å². The summed E-state index contributed by atoms with van der Waals surface area (Å²) >= 11 is 0. The van der Waals surface area contributed by atoms with E-state index in [1.165, 1.54) is 0 Å². The highest BCUT2D eigenvalue weighted by molar-refractivity contribution is 5.94.